The second kappa shape index (κ2) is 7.11. The summed E-state index contributed by atoms with van der Waals surface area (Å²) in [5, 5.41) is 21.7. The molecule has 0 saturated heterocycles. The lowest BCUT2D eigenvalue weighted by Gasteiger charge is -2.10. The average Bonchev–Trinajstić information content (AvgIpc) is 2.34. The van der Waals surface area contributed by atoms with Crippen LogP contribution in [0.25, 0.3) is 0 Å². The van der Waals surface area contributed by atoms with Crippen molar-refractivity contribution in [3.8, 4) is 11.5 Å². The highest BCUT2D eigenvalue weighted by molar-refractivity contribution is 6.18. The number of phenols is 2. The van der Waals surface area contributed by atoms with Gasteiger partial charge < -0.3 is 15.5 Å². The van der Waals surface area contributed by atoms with Gasteiger partial charge >= 0.3 is 0 Å². The number of aromatic hydroxyl groups is 2. The average molecular weight is 272 g/mol. The molecule has 1 aromatic rings. The van der Waals surface area contributed by atoms with Crippen LogP contribution in [0, 0.1) is 5.92 Å². The number of hydrogen-bond acceptors (Lipinski definition) is 3. The first-order chi connectivity index (χ1) is 8.56. The fourth-order valence-electron chi connectivity index (χ4n) is 1.58. The molecule has 0 aliphatic heterocycles. The molecule has 100 valence electrons. The zero-order valence-electron chi connectivity index (χ0n) is 10.3. The van der Waals surface area contributed by atoms with Gasteiger partial charge in [0, 0.05) is 12.4 Å². The van der Waals surface area contributed by atoms with E-state index in [2.05, 4.69) is 5.32 Å². The van der Waals surface area contributed by atoms with Crippen molar-refractivity contribution in [1.29, 1.82) is 0 Å². The molecule has 0 aliphatic carbocycles. The minimum absolute atomic E-state index is 0.0807. The van der Waals surface area contributed by atoms with Gasteiger partial charge in [0.2, 0.25) is 0 Å². The minimum atomic E-state index is -0.468. The molecule has 1 aromatic carbocycles. The van der Waals surface area contributed by atoms with Crippen LogP contribution in [-0.4, -0.2) is 28.5 Å². The van der Waals surface area contributed by atoms with Crippen molar-refractivity contribution in [3.63, 3.8) is 0 Å². The molecule has 0 heterocycles. The molecular weight excluding hydrogens is 254 g/mol. The maximum Gasteiger partial charge on any atom is 0.258 e. The highest BCUT2D eigenvalue weighted by Crippen LogP contribution is 2.25. The van der Waals surface area contributed by atoms with E-state index in [1.165, 1.54) is 18.2 Å². The standard InChI is InChI=1S/C13H18ClNO3/c1-9(8-14)4-3-7-15-13(18)12-10(16)5-2-6-11(12)17/h2,5-6,9,16-17H,3-4,7-8H2,1H3,(H,15,18). The van der Waals surface area contributed by atoms with Crippen molar-refractivity contribution >= 4 is 17.5 Å². The van der Waals surface area contributed by atoms with Crippen molar-refractivity contribution < 1.29 is 15.0 Å². The largest absolute Gasteiger partial charge is 0.507 e. The monoisotopic (exact) mass is 271 g/mol. The molecule has 18 heavy (non-hydrogen) atoms. The van der Waals surface area contributed by atoms with Gasteiger partial charge in [0.15, 0.2) is 0 Å². The molecule has 0 spiro atoms. The number of nitrogens with one attached hydrogen (secondary N) is 1. The van der Waals surface area contributed by atoms with Crippen LogP contribution in [0.15, 0.2) is 18.2 Å². The fourth-order valence-corrected chi connectivity index (χ4v) is 1.73. The molecule has 1 amide bonds. The minimum Gasteiger partial charge on any atom is -0.507 e. The van der Waals surface area contributed by atoms with Gasteiger partial charge in [0.25, 0.3) is 5.91 Å². The summed E-state index contributed by atoms with van der Waals surface area (Å²) < 4.78 is 0. The van der Waals surface area contributed by atoms with E-state index >= 15 is 0 Å². The Hall–Kier alpha value is -1.42. The normalized spacial score (nSPS) is 12.1. The molecule has 0 bridgehead atoms. The van der Waals surface area contributed by atoms with Crippen LogP contribution in [0.4, 0.5) is 0 Å². The molecule has 1 unspecified atom stereocenters. The molecule has 5 heteroatoms. The van der Waals surface area contributed by atoms with Crippen LogP contribution in [0.1, 0.15) is 30.1 Å². The maximum atomic E-state index is 11.7. The van der Waals surface area contributed by atoms with Gasteiger partial charge in [-0.25, -0.2) is 0 Å². The predicted octanol–water partition coefficient (Wildman–Crippen LogP) is 2.48. The molecule has 1 rings (SSSR count). The number of hydrogen-bond donors (Lipinski definition) is 3. The summed E-state index contributed by atoms with van der Waals surface area (Å²) >= 11 is 5.68. The van der Waals surface area contributed by atoms with Crippen LogP contribution in [0.2, 0.25) is 0 Å². The summed E-state index contributed by atoms with van der Waals surface area (Å²) in [6.45, 7) is 2.54. The van der Waals surface area contributed by atoms with Crippen molar-refractivity contribution in [2.75, 3.05) is 12.4 Å². The van der Waals surface area contributed by atoms with Gasteiger partial charge in [0.05, 0.1) is 0 Å². The Balaban J connectivity index is 2.46. The molecule has 0 aliphatic rings. The van der Waals surface area contributed by atoms with E-state index in [1.807, 2.05) is 6.92 Å². The first-order valence-electron chi connectivity index (χ1n) is 5.91. The predicted molar refractivity (Wildman–Crippen MR) is 71.2 cm³/mol. The van der Waals surface area contributed by atoms with Crippen LogP contribution in [0.5, 0.6) is 11.5 Å². The van der Waals surface area contributed by atoms with Crippen molar-refractivity contribution in [2.24, 2.45) is 5.92 Å². The molecule has 0 saturated carbocycles. The first-order valence-corrected chi connectivity index (χ1v) is 6.44. The van der Waals surface area contributed by atoms with Gasteiger partial charge in [-0.05, 0) is 30.9 Å². The van der Waals surface area contributed by atoms with E-state index in [9.17, 15) is 15.0 Å². The molecule has 0 aromatic heterocycles. The maximum absolute atomic E-state index is 11.7. The lowest BCUT2D eigenvalue weighted by atomic mass is 10.1. The van der Waals surface area contributed by atoms with Crippen molar-refractivity contribution in [1.82, 2.24) is 5.32 Å². The third-order valence-electron chi connectivity index (χ3n) is 2.67. The Morgan fingerprint density at radius 2 is 2.00 bits per heavy atom. The van der Waals surface area contributed by atoms with E-state index in [4.69, 9.17) is 11.6 Å². The second-order valence-electron chi connectivity index (χ2n) is 4.33. The van der Waals surface area contributed by atoms with E-state index in [-0.39, 0.29) is 17.1 Å². The second-order valence-corrected chi connectivity index (χ2v) is 4.64. The Bertz CT molecular complexity index is 389. The number of benzene rings is 1. The van der Waals surface area contributed by atoms with E-state index in [1.54, 1.807) is 0 Å². The number of rotatable bonds is 6. The lowest BCUT2D eigenvalue weighted by molar-refractivity contribution is 0.0947. The number of alkyl halides is 1. The van der Waals surface area contributed by atoms with Crippen molar-refractivity contribution in [2.45, 2.75) is 19.8 Å². The van der Waals surface area contributed by atoms with Gasteiger partial charge in [-0.3, -0.25) is 4.79 Å². The summed E-state index contributed by atoms with van der Waals surface area (Å²) in [5.74, 6) is 0.114. The van der Waals surface area contributed by atoms with Crippen molar-refractivity contribution in [3.05, 3.63) is 23.8 Å². The highest BCUT2D eigenvalue weighted by atomic mass is 35.5. The third kappa shape index (κ3) is 4.11. The van der Waals surface area contributed by atoms with Crippen LogP contribution >= 0.6 is 11.6 Å². The highest BCUT2D eigenvalue weighted by Gasteiger charge is 2.15. The number of phenolic OH excluding ortho intramolecular Hbond substituents is 2. The molecule has 4 nitrogen and oxygen atoms in total. The van der Waals surface area contributed by atoms with Crippen LogP contribution < -0.4 is 5.32 Å². The summed E-state index contributed by atoms with van der Waals surface area (Å²) in [6, 6.07) is 4.21. The number of halogens is 1. The van der Waals surface area contributed by atoms with Gasteiger partial charge in [-0.2, -0.15) is 0 Å². The zero-order chi connectivity index (χ0) is 13.5. The Morgan fingerprint density at radius 1 is 1.39 bits per heavy atom. The quantitative estimate of drug-likeness (QED) is 0.550. The third-order valence-corrected chi connectivity index (χ3v) is 3.20. The SMILES string of the molecule is CC(CCl)CCCNC(=O)c1c(O)cccc1O. The Morgan fingerprint density at radius 3 is 2.56 bits per heavy atom. The van der Waals surface area contributed by atoms with E-state index in [0.717, 1.165) is 12.8 Å². The molecule has 0 fully saturated rings. The molecule has 0 radical (unpaired) electrons. The molecule has 3 N–H and O–H groups in total. The number of amides is 1. The molecular formula is C13H18ClNO3. The number of carbonyl (C=O) groups excluding carboxylic acids is 1. The topological polar surface area (TPSA) is 69.6 Å². The summed E-state index contributed by atoms with van der Waals surface area (Å²) in [7, 11) is 0. The summed E-state index contributed by atoms with van der Waals surface area (Å²) in [5.41, 5.74) is -0.0807. The van der Waals surface area contributed by atoms with E-state index < -0.39 is 5.91 Å². The van der Waals surface area contributed by atoms with E-state index in [0.29, 0.717) is 18.3 Å². The zero-order valence-corrected chi connectivity index (χ0v) is 11.1. The van der Waals surface area contributed by atoms with Crippen LogP contribution in [0.3, 0.4) is 0 Å². The Labute approximate surface area is 112 Å². The smallest absolute Gasteiger partial charge is 0.258 e. The summed E-state index contributed by atoms with van der Waals surface area (Å²) in [6.07, 6.45) is 1.74. The number of carbonyl (C=O) groups is 1. The Kier molecular flexibility index (Phi) is 5.78. The van der Waals surface area contributed by atoms with Gasteiger partial charge in [0.1, 0.15) is 17.1 Å². The molecule has 1 atom stereocenters. The first kappa shape index (κ1) is 14.6. The van der Waals surface area contributed by atoms with Gasteiger partial charge in [-0.15, -0.1) is 11.6 Å². The van der Waals surface area contributed by atoms with Gasteiger partial charge in [-0.1, -0.05) is 13.0 Å². The van der Waals surface area contributed by atoms with Crippen LogP contribution in [-0.2, 0) is 0 Å². The lowest BCUT2D eigenvalue weighted by Crippen LogP contribution is -2.25. The fraction of sp³-hybridized carbons (Fsp3) is 0.462. The summed E-state index contributed by atoms with van der Waals surface area (Å²) in [4.78, 5) is 11.7.